The summed E-state index contributed by atoms with van der Waals surface area (Å²) in [4.78, 5) is 13.4. The number of anilines is 2. The molecule has 0 saturated heterocycles. The number of amides is 1. The van der Waals surface area contributed by atoms with Gasteiger partial charge in [-0.3, -0.25) is 4.79 Å². The number of nitrogen functional groups attached to an aromatic ring is 1. The molecule has 0 aliphatic carbocycles. The number of hydrogen-bond donors (Lipinski definition) is 1. The van der Waals surface area contributed by atoms with E-state index in [0.717, 1.165) is 17.0 Å². The number of benzene rings is 2. The zero-order valence-corrected chi connectivity index (χ0v) is 11.2. The molecule has 1 amide bonds. The summed E-state index contributed by atoms with van der Waals surface area (Å²) in [6, 6.07) is 11.0. The molecule has 2 N–H and O–H groups in total. The molecule has 0 radical (unpaired) electrons. The molecule has 0 aliphatic rings. The predicted molar refractivity (Wildman–Crippen MR) is 75.0 cm³/mol. The average molecular weight is 294 g/mol. The van der Waals surface area contributed by atoms with E-state index >= 15 is 0 Å². The van der Waals surface area contributed by atoms with Crippen LogP contribution in [-0.2, 0) is 6.18 Å². The van der Waals surface area contributed by atoms with Crippen LogP contribution < -0.4 is 10.6 Å². The van der Waals surface area contributed by atoms with Crippen molar-refractivity contribution in [3.8, 4) is 0 Å². The maximum Gasteiger partial charge on any atom is 0.416 e. The van der Waals surface area contributed by atoms with Crippen molar-refractivity contribution in [2.45, 2.75) is 6.18 Å². The minimum atomic E-state index is -4.45. The van der Waals surface area contributed by atoms with Crippen LogP contribution in [0.3, 0.4) is 0 Å². The quantitative estimate of drug-likeness (QED) is 0.861. The minimum Gasteiger partial charge on any atom is -0.398 e. The second kappa shape index (κ2) is 5.47. The lowest BCUT2D eigenvalue weighted by Crippen LogP contribution is -2.27. The van der Waals surface area contributed by atoms with E-state index in [-0.39, 0.29) is 16.9 Å². The van der Waals surface area contributed by atoms with Crippen LogP contribution in [0.1, 0.15) is 15.9 Å². The first-order chi connectivity index (χ1) is 9.80. The molecular formula is C15H13F3N2O. The van der Waals surface area contributed by atoms with Crippen LogP contribution in [0.15, 0.2) is 48.5 Å². The van der Waals surface area contributed by atoms with Crippen molar-refractivity contribution in [2.24, 2.45) is 0 Å². The van der Waals surface area contributed by atoms with Crippen molar-refractivity contribution < 1.29 is 18.0 Å². The van der Waals surface area contributed by atoms with Gasteiger partial charge in [0.05, 0.1) is 11.1 Å². The lowest BCUT2D eigenvalue weighted by molar-refractivity contribution is -0.137. The summed E-state index contributed by atoms with van der Waals surface area (Å²) in [5, 5.41) is 0. The van der Waals surface area contributed by atoms with Gasteiger partial charge in [0.25, 0.3) is 5.91 Å². The Morgan fingerprint density at radius 1 is 1.10 bits per heavy atom. The van der Waals surface area contributed by atoms with Gasteiger partial charge in [0.1, 0.15) is 0 Å². The fourth-order valence-electron chi connectivity index (χ4n) is 1.88. The fourth-order valence-corrected chi connectivity index (χ4v) is 1.88. The van der Waals surface area contributed by atoms with E-state index in [1.807, 2.05) is 0 Å². The molecule has 2 aromatic rings. The fraction of sp³-hybridized carbons (Fsp3) is 0.133. The van der Waals surface area contributed by atoms with Gasteiger partial charge in [0, 0.05) is 18.4 Å². The van der Waals surface area contributed by atoms with Crippen LogP contribution in [0.5, 0.6) is 0 Å². The maximum atomic E-state index is 12.7. The number of para-hydroxylation sites is 1. The number of nitrogens with two attached hydrogens (primary N) is 1. The molecule has 110 valence electrons. The van der Waals surface area contributed by atoms with Crippen molar-refractivity contribution in [2.75, 3.05) is 17.7 Å². The largest absolute Gasteiger partial charge is 0.416 e. The summed E-state index contributed by atoms with van der Waals surface area (Å²) < 4.78 is 38.1. The Labute approximate surface area is 119 Å². The summed E-state index contributed by atoms with van der Waals surface area (Å²) in [7, 11) is 1.41. The van der Waals surface area contributed by atoms with Crippen molar-refractivity contribution in [3.05, 3.63) is 59.7 Å². The second-order valence-corrected chi connectivity index (χ2v) is 4.50. The van der Waals surface area contributed by atoms with Crippen molar-refractivity contribution in [3.63, 3.8) is 0 Å². The Hall–Kier alpha value is -2.50. The SMILES string of the molecule is CN(C(=O)c1ccccc1N)c1cccc(C(F)(F)F)c1. The summed E-state index contributed by atoms with van der Waals surface area (Å²) in [5.41, 5.74) is 5.58. The van der Waals surface area contributed by atoms with Crippen molar-refractivity contribution in [1.29, 1.82) is 0 Å². The van der Waals surface area contributed by atoms with E-state index in [1.54, 1.807) is 18.2 Å². The molecule has 0 atom stereocenters. The van der Waals surface area contributed by atoms with Gasteiger partial charge in [-0.1, -0.05) is 18.2 Å². The molecule has 0 saturated carbocycles. The number of hydrogen-bond acceptors (Lipinski definition) is 2. The molecule has 0 spiro atoms. The number of alkyl halides is 3. The van der Waals surface area contributed by atoms with Crippen molar-refractivity contribution >= 4 is 17.3 Å². The monoisotopic (exact) mass is 294 g/mol. The van der Waals surface area contributed by atoms with Crippen LogP contribution >= 0.6 is 0 Å². The number of rotatable bonds is 2. The molecule has 3 nitrogen and oxygen atoms in total. The Morgan fingerprint density at radius 3 is 2.38 bits per heavy atom. The van der Waals surface area contributed by atoms with Crippen LogP contribution in [0.4, 0.5) is 24.5 Å². The van der Waals surface area contributed by atoms with Gasteiger partial charge >= 0.3 is 6.18 Å². The highest BCUT2D eigenvalue weighted by Crippen LogP contribution is 2.31. The van der Waals surface area contributed by atoms with E-state index in [9.17, 15) is 18.0 Å². The smallest absolute Gasteiger partial charge is 0.398 e. The third-order valence-electron chi connectivity index (χ3n) is 3.06. The summed E-state index contributed by atoms with van der Waals surface area (Å²) in [6.07, 6.45) is -4.45. The summed E-state index contributed by atoms with van der Waals surface area (Å²) in [5.74, 6) is -0.465. The van der Waals surface area contributed by atoms with Crippen LogP contribution in [0, 0.1) is 0 Å². The standard InChI is InChI=1S/C15H13F3N2O/c1-20(14(21)12-7-2-3-8-13(12)19)11-6-4-5-10(9-11)15(16,17)18/h2-9H,19H2,1H3. The number of nitrogens with zero attached hydrogens (tertiary/aromatic N) is 1. The van der Waals surface area contributed by atoms with Crippen molar-refractivity contribution in [1.82, 2.24) is 0 Å². The number of carbonyl (C=O) groups excluding carboxylic acids is 1. The lowest BCUT2D eigenvalue weighted by Gasteiger charge is -2.19. The maximum absolute atomic E-state index is 12.7. The summed E-state index contributed by atoms with van der Waals surface area (Å²) >= 11 is 0. The van der Waals surface area contributed by atoms with E-state index < -0.39 is 17.6 Å². The zero-order chi connectivity index (χ0) is 15.6. The molecule has 6 heteroatoms. The second-order valence-electron chi connectivity index (χ2n) is 4.50. The zero-order valence-electron chi connectivity index (χ0n) is 11.2. The lowest BCUT2D eigenvalue weighted by atomic mass is 10.1. The normalized spacial score (nSPS) is 11.2. The molecule has 2 aromatic carbocycles. The van der Waals surface area contributed by atoms with Gasteiger partial charge in [-0.15, -0.1) is 0 Å². The van der Waals surface area contributed by atoms with Gasteiger partial charge in [0.2, 0.25) is 0 Å². The Kier molecular flexibility index (Phi) is 3.88. The first-order valence-electron chi connectivity index (χ1n) is 6.10. The average Bonchev–Trinajstić information content (AvgIpc) is 2.45. The Morgan fingerprint density at radius 2 is 1.76 bits per heavy atom. The van der Waals surface area contributed by atoms with Gasteiger partial charge in [-0.2, -0.15) is 13.2 Å². The highest BCUT2D eigenvalue weighted by atomic mass is 19.4. The molecule has 0 bridgehead atoms. The summed E-state index contributed by atoms with van der Waals surface area (Å²) in [6.45, 7) is 0. The molecule has 0 fully saturated rings. The highest BCUT2D eigenvalue weighted by molar-refractivity contribution is 6.08. The van der Waals surface area contributed by atoms with E-state index in [0.29, 0.717) is 0 Å². The van der Waals surface area contributed by atoms with Gasteiger partial charge in [0.15, 0.2) is 0 Å². The van der Waals surface area contributed by atoms with E-state index in [4.69, 9.17) is 5.73 Å². The Balaban J connectivity index is 2.34. The highest BCUT2D eigenvalue weighted by Gasteiger charge is 2.31. The molecule has 0 aliphatic heterocycles. The van der Waals surface area contributed by atoms with E-state index in [1.165, 1.54) is 25.2 Å². The number of carbonyl (C=O) groups is 1. The van der Waals surface area contributed by atoms with Gasteiger partial charge < -0.3 is 10.6 Å². The first kappa shape index (κ1) is 14.9. The molecule has 0 heterocycles. The molecule has 21 heavy (non-hydrogen) atoms. The van der Waals surface area contributed by atoms with Gasteiger partial charge in [-0.25, -0.2) is 0 Å². The first-order valence-corrected chi connectivity index (χ1v) is 6.10. The van der Waals surface area contributed by atoms with E-state index in [2.05, 4.69) is 0 Å². The topological polar surface area (TPSA) is 46.3 Å². The third kappa shape index (κ3) is 3.16. The minimum absolute atomic E-state index is 0.151. The molecule has 0 aromatic heterocycles. The molecular weight excluding hydrogens is 281 g/mol. The molecule has 0 unspecified atom stereocenters. The van der Waals surface area contributed by atoms with Crippen LogP contribution in [0.2, 0.25) is 0 Å². The Bertz CT molecular complexity index is 668. The predicted octanol–water partition coefficient (Wildman–Crippen LogP) is 3.56. The van der Waals surface area contributed by atoms with Gasteiger partial charge in [-0.05, 0) is 30.3 Å². The molecule has 2 rings (SSSR count). The van der Waals surface area contributed by atoms with Crippen LogP contribution in [-0.4, -0.2) is 13.0 Å². The number of halogens is 3. The van der Waals surface area contributed by atoms with Crippen LogP contribution in [0.25, 0.3) is 0 Å². The third-order valence-corrected chi connectivity index (χ3v) is 3.06.